The molecule has 2 unspecified atom stereocenters. The van der Waals surface area contributed by atoms with Gasteiger partial charge in [0.15, 0.2) is 0 Å². The van der Waals surface area contributed by atoms with Crippen LogP contribution in [-0.2, 0) is 0 Å². The van der Waals surface area contributed by atoms with E-state index in [1.807, 2.05) is 0 Å². The maximum Gasteiger partial charge on any atom is 0.132 e. The number of aliphatic hydroxyl groups excluding tert-OH is 2. The van der Waals surface area contributed by atoms with Crippen molar-refractivity contribution in [2.45, 2.75) is 33.0 Å². The van der Waals surface area contributed by atoms with Crippen LogP contribution in [0, 0.1) is 17.0 Å². The van der Waals surface area contributed by atoms with Gasteiger partial charge in [-0.05, 0) is 17.5 Å². The zero-order chi connectivity index (χ0) is 12.5. The van der Waals surface area contributed by atoms with Crippen LogP contribution in [0.2, 0.25) is 0 Å². The summed E-state index contributed by atoms with van der Waals surface area (Å²) >= 11 is 0. The number of hydrogen-bond donors (Lipinski definition) is 2. The minimum absolute atomic E-state index is 0.482. The Bertz CT molecular complexity index is 352. The summed E-state index contributed by atoms with van der Waals surface area (Å²) in [6, 6.07) is 3.32. The minimum atomic E-state index is -1.57. The Balaban J connectivity index is 3.10. The molecule has 0 aliphatic rings. The van der Waals surface area contributed by atoms with E-state index >= 15 is 0 Å². The summed E-state index contributed by atoms with van der Waals surface area (Å²) in [6.07, 6.45) is -2.81. The molecule has 90 valence electrons. The Hall–Kier alpha value is -1.00. The summed E-state index contributed by atoms with van der Waals surface area (Å²) in [6.45, 7) is 5.04. The first-order valence-electron chi connectivity index (χ1n) is 5.05. The van der Waals surface area contributed by atoms with Crippen molar-refractivity contribution in [1.29, 1.82) is 0 Å². The van der Waals surface area contributed by atoms with Gasteiger partial charge in [-0.3, -0.25) is 0 Å². The van der Waals surface area contributed by atoms with Crippen LogP contribution in [0.3, 0.4) is 0 Å². The number of aliphatic hydroxyl groups is 2. The topological polar surface area (TPSA) is 40.5 Å². The summed E-state index contributed by atoms with van der Waals surface area (Å²) in [5.74, 6) is -1.70. The molecule has 2 nitrogen and oxygen atoms in total. The zero-order valence-electron chi connectivity index (χ0n) is 9.54. The fraction of sp³-hybridized carbons (Fsp3) is 0.500. The maximum absolute atomic E-state index is 13.3. The molecular weight excluding hydrogens is 214 g/mol. The molecule has 1 aromatic rings. The predicted molar refractivity (Wildman–Crippen MR) is 56.8 cm³/mol. The Morgan fingerprint density at radius 1 is 1.06 bits per heavy atom. The second kappa shape index (κ2) is 4.47. The summed E-state index contributed by atoms with van der Waals surface area (Å²) in [5.41, 5.74) is -1.14. The SMILES string of the molecule is CC(C)(C)C(O)C(O)c1c(F)cccc1F. The lowest BCUT2D eigenvalue weighted by atomic mass is 9.83. The van der Waals surface area contributed by atoms with Gasteiger partial charge in [0.1, 0.15) is 17.7 Å². The Labute approximate surface area is 93.5 Å². The lowest BCUT2D eigenvalue weighted by Gasteiger charge is -2.30. The average Bonchev–Trinajstić information content (AvgIpc) is 2.14. The molecule has 0 fully saturated rings. The fourth-order valence-electron chi connectivity index (χ4n) is 1.42. The molecule has 0 heterocycles. The molecular formula is C12H16F2O2. The zero-order valence-corrected chi connectivity index (χ0v) is 9.54. The molecule has 1 rings (SSSR count). The van der Waals surface area contributed by atoms with Gasteiger partial charge in [0.25, 0.3) is 0 Å². The molecule has 2 atom stereocenters. The standard InChI is InChI=1S/C12H16F2O2/c1-12(2,3)11(16)10(15)9-7(13)5-4-6-8(9)14/h4-6,10-11,15-16H,1-3H3. The molecule has 0 saturated heterocycles. The molecule has 0 aliphatic heterocycles. The van der Waals surface area contributed by atoms with Crippen molar-refractivity contribution in [3.63, 3.8) is 0 Å². The summed E-state index contributed by atoms with van der Waals surface area (Å²) < 4.78 is 26.7. The molecule has 0 amide bonds. The van der Waals surface area contributed by atoms with E-state index in [1.54, 1.807) is 20.8 Å². The fourth-order valence-corrected chi connectivity index (χ4v) is 1.42. The summed E-state index contributed by atoms with van der Waals surface area (Å²) in [4.78, 5) is 0. The highest BCUT2D eigenvalue weighted by molar-refractivity contribution is 5.23. The van der Waals surface area contributed by atoms with Crippen LogP contribution in [0.4, 0.5) is 8.78 Å². The monoisotopic (exact) mass is 230 g/mol. The smallest absolute Gasteiger partial charge is 0.132 e. The van der Waals surface area contributed by atoms with E-state index in [-0.39, 0.29) is 0 Å². The number of benzene rings is 1. The van der Waals surface area contributed by atoms with E-state index in [1.165, 1.54) is 6.07 Å². The van der Waals surface area contributed by atoms with Gasteiger partial charge >= 0.3 is 0 Å². The first-order chi connectivity index (χ1) is 7.25. The predicted octanol–water partition coefficient (Wildman–Crippen LogP) is 2.41. The van der Waals surface area contributed by atoms with Crippen molar-refractivity contribution in [3.05, 3.63) is 35.4 Å². The first-order valence-corrected chi connectivity index (χ1v) is 5.05. The van der Waals surface area contributed by atoms with Gasteiger partial charge in [-0.1, -0.05) is 26.8 Å². The van der Waals surface area contributed by atoms with Crippen molar-refractivity contribution in [2.24, 2.45) is 5.41 Å². The van der Waals surface area contributed by atoms with Gasteiger partial charge in [0.2, 0.25) is 0 Å². The molecule has 0 spiro atoms. The van der Waals surface area contributed by atoms with Crippen molar-refractivity contribution < 1.29 is 19.0 Å². The van der Waals surface area contributed by atoms with Gasteiger partial charge in [-0.15, -0.1) is 0 Å². The summed E-state index contributed by atoms with van der Waals surface area (Å²) in [7, 11) is 0. The van der Waals surface area contributed by atoms with E-state index in [0.29, 0.717) is 0 Å². The van der Waals surface area contributed by atoms with E-state index in [2.05, 4.69) is 0 Å². The molecule has 4 heteroatoms. The van der Waals surface area contributed by atoms with Gasteiger partial charge in [-0.25, -0.2) is 8.78 Å². The average molecular weight is 230 g/mol. The van der Waals surface area contributed by atoms with Gasteiger partial charge < -0.3 is 10.2 Å². The van der Waals surface area contributed by atoms with E-state index in [9.17, 15) is 19.0 Å². The number of hydrogen-bond acceptors (Lipinski definition) is 2. The quantitative estimate of drug-likeness (QED) is 0.819. The van der Waals surface area contributed by atoms with Crippen LogP contribution in [0.25, 0.3) is 0 Å². The van der Waals surface area contributed by atoms with Crippen molar-refractivity contribution in [2.75, 3.05) is 0 Å². The lowest BCUT2D eigenvalue weighted by Crippen LogP contribution is -2.33. The third-order valence-corrected chi connectivity index (χ3v) is 2.48. The largest absolute Gasteiger partial charge is 0.390 e. The Morgan fingerprint density at radius 2 is 1.50 bits per heavy atom. The molecule has 0 aromatic heterocycles. The van der Waals surface area contributed by atoms with Crippen molar-refractivity contribution >= 4 is 0 Å². The maximum atomic E-state index is 13.3. The van der Waals surface area contributed by atoms with Crippen LogP contribution >= 0.6 is 0 Å². The van der Waals surface area contributed by atoms with E-state index < -0.39 is 34.8 Å². The highest BCUT2D eigenvalue weighted by Gasteiger charge is 2.33. The van der Waals surface area contributed by atoms with Crippen LogP contribution < -0.4 is 0 Å². The molecule has 2 N–H and O–H groups in total. The second-order valence-electron chi connectivity index (χ2n) is 4.89. The number of rotatable bonds is 2. The Kier molecular flexibility index (Phi) is 3.65. The highest BCUT2D eigenvalue weighted by atomic mass is 19.1. The van der Waals surface area contributed by atoms with Crippen LogP contribution in [0.5, 0.6) is 0 Å². The van der Waals surface area contributed by atoms with Gasteiger partial charge in [0, 0.05) is 0 Å². The molecule has 16 heavy (non-hydrogen) atoms. The minimum Gasteiger partial charge on any atom is -0.390 e. The molecule has 0 bridgehead atoms. The number of halogens is 2. The molecule has 1 aromatic carbocycles. The normalized spacial score (nSPS) is 15.9. The van der Waals surface area contributed by atoms with Crippen LogP contribution in [-0.4, -0.2) is 16.3 Å². The van der Waals surface area contributed by atoms with Crippen molar-refractivity contribution in [3.8, 4) is 0 Å². The third kappa shape index (κ3) is 2.57. The first kappa shape index (κ1) is 13.1. The van der Waals surface area contributed by atoms with Gasteiger partial charge in [0.05, 0.1) is 11.7 Å². The molecule has 0 aliphatic carbocycles. The molecule has 0 radical (unpaired) electrons. The molecule has 0 saturated carbocycles. The second-order valence-corrected chi connectivity index (χ2v) is 4.89. The van der Waals surface area contributed by atoms with Crippen LogP contribution in [0.1, 0.15) is 32.4 Å². The lowest BCUT2D eigenvalue weighted by molar-refractivity contribution is -0.0487. The van der Waals surface area contributed by atoms with E-state index in [0.717, 1.165) is 12.1 Å². The third-order valence-electron chi connectivity index (χ3n) is 2.48. The van der Waals surface area contributed by atoms with Crippen molar-refractivity contribution in [1.82, 2.24) is 0 Å². The Morgan fingerprint density at radius 3 is 1.88 bits per heavy atom. The van der Waals surface area contributed by atoms with Gasteiger partial charge in [-0.2, -0.15) is 0 Å². The summed E-state index contributed by atoms with van der Waals surface area (Å²) in [5, 5.41) is 19.5. The van der Waals surface area contributed by atoms with Crippen LogP contribution in [0.15, 0.2) is 18.2 Å². The van der Waals surface area contributed by atoms with E-state index in [4.69, 9.17) is 0 Å². The highest BCUT2D eigenvalue weighted by Crippen LogP contribution is 2.32.